The molecule has 4 heteroatoms. The van der Waals surface area contributed by atoms with Gasteiger partial charge in [-0.15, -0.1) is 0 Å². The Bertz CT molecular complexity index is 552. The number of rotatable bonds is 5. The summed E-state index contributed by atoms with van der Waals surface area (Å²) < 4.78 is 0. The highest BCUT2D eigenvalue weighted by Crippen LogP contribution is 2.21. The summed E-state index contributed by atoms with van der Waals surface area (Å²) in [5.41, 5.74) is 3.22. The summed E-state index contributed by atoms with van der Waals surface area (Å²) in [7, 11) is 0. The van der Waals surface area contributed by atoms with Crippen molar-refractivity contribution in [3.8, 4) is 11.4 Å². The third kappa shape index (κ3) is 3.28. The van der Waals surface area contributed by atoms with Gasteiger partial charge in [0.1, 0.15) is 5.82 Å². The second kappa shape index (κ2) is 6.27. The zero-order valence-corrected chi connectivity index (χ0v) is 11.8. The largest absolute Gasteiger partial charge is 0.370 e. The smallest absolute Gasteiger partial charge is 0.162 e. The van der Waals surface area contributed by atoms with Crippen LogP contribution in [0.5, 0.6) is 0 Å². The van der Waals surface area contributed by atoms with E-state index in [1.54, 1.807) is 6.20 Å². The molecular formula is C15H20N4. The van der Waals surface area contributed by atoms with Crippen molar-refractivity contribution >= 4 is 5.82 Å². The number of aromatic nitrogens is 3. The summed E-state index contributed by atoms with van der Waals surface area (Å²) in [6, 6.07) is 3.96. The van der Waals surface area contributed by atoms with Crippen molar-refractivity contribution in [3.05, 3.63) is 35.8 Å². The van der Waals surface area contributed by atoms with Gasteiger partial charge in [-0.2, -0.15) is 0 Å². The Morgan fingerprint density at radius 2 is 2.05 bits per heavy atom. The molecule has 2 heterocycles. The highest BCUT2D eigenvalue weighted by atomic mass is 15.0. The minimum Gasteiger partial charge on any atom is -0.370 e. The van der Waals surface area contributed by atoms with Gasteiger partial charge in [0.25, 0.3) is 0 Å². The average molecular weight is 256 g/mol. The summed E-state index contributed by atoms with van der Waals surface area (Å²) in [6.07, 6.45) is 5.69. The Morgan fingerprint density at radius 3 is 2.79 bits per heavy atom. The van der Waals surface area contributed by atoms with Crippen LogP contribution in [-0.4, -0.2) is 21.5 Å². The minimum atomic E-state index is 0.776. The molecule has 2 rings (SSSR count). The summed E-state index contributed by atoms with van der Waals surface area (Å²) >= 11 is 0. The molecule has 0 aromatic carbocycles. The number of nitrogens with zero attached hydrogens (tertiary/aromatic N) is 3. The molecule has 0 fully saturated rings. The Balaban J connectivity index is 2.41. The molecule has 19 heavy (non-hydrogen) atoms. The molecule has 100 valence electrons. The van der Waals surface area contributed by atoms with Crippen LogP contribution < -0.4 is 5.32 Å². The van der Waals surface area contributed by atoms with Crippen LogP contribution in [-0.2, 0) is 6.42 Å². The molecule has 0 bridgehead atoms. The maximum absolute atomic E-state index is 4.60. The quantitative estimate of drug-likeness (QED) is 0.892. The molecule has 0 amide bonds. The first-order valence-corrected chi connectivity index (χ1v) is 6.77. The van der Waals surface area contributed by atoms with Gasteiger partial charge in [0.2, 0.25) is 0 Å². The topological polar surface area (TPSA) is 50.7 Å². The van der Waals surface area contributed by atoms with Gasteiger partial charge < -0.3 is 5.32 Å². The average Bonchev–Trinajstić information content (AvgIpc) is 2.44. The lowest BCUT2D eigenvalue weighted by Gasteiger charge is -2.10. The van der Waals surface area contributed by atoms with Gasteiger partial charge in [0.05, 0.1) is 0 Å². The van der Waals surface area contributed by atoms with Crippen LogP contribution in [0, 0.1) is 6.92 Å². The second-order valence-electron chi connectivity index (χ2n) is 4.53. The Morgan fingerprint density at radius 1 is 1.21 bits per heavy atom. The predicted octanol–water partition coefficient (Wildman–Crippen LogP) is 3.23. The lowest BCUT2D eigenvalue weighted by molar-refractivity contribution is 0.961. The second-order valence-corrected chi connectivity index (χ2v) is 4.53. The number of nitrogens with one attached hydrogen (secondary N) is 1. The number of anilines is 1. The van der Waals surface area contributed by atoms with Crippen LogP contribution in [0.2, 0.25) is 0 Å². The van der Waals surface area contributed by atoms with E-state index in [2.05, 4.69) is 34.1 Å². The van der Waals surface area contributed by atoms with Crippen LogP contribution in [0.3, 0.4) is 0 Å². The van der Waals surface area contributed by atoms with Crippen LogP contribution in [0.15, 0.2) is 24.5 Å². The summed E-state index contributed by atoms with van der Waals surface area (Å²) in [5, 5.41) is 3.32. The zero-order chi connectivity index (χ0) is 13.7. The van der Waals surface area contributed by atoms with Crippen molar-refractivity contribution < 1.29 is 0 Å². The van der Waals surface area contributed by atoms with E-state index in [-0.39, 0.29) is 0 Å². The molecular weight excluding hydrogens is 236 g/mol. The molecule has 2 aromatic heterocycles. The van der Waals surface area contributed by atoms with Crippen molar-refractivity contribution in [2.45, 2.75) is 33.6 Å². The lowest BCUT2D eigenvalue weighted by Crippen LogP contribution is -2.05. The molecule has 0 atom stereocenters. The van der Waals surface area contributed by atoms with Crippen molar-refractivity contribution in [1.82, 2.24) is 15.0 Å². The normalized spacial score (nSPS) is 10.5. The molecule has 0 aliphatic heterocycles. The van der Waals surface area contributed by atoms with Crippen molar-refractivity contribution in [3.63, 3.8) is 0 Å². The first-order valence-electron chi connectivity index (χ1n) is 6.77. The number of pyridine rings is 1. The zero-order valence-electron chi connectivity index (χ0n) is 11.8. The number of hydrogen-bond donors (Lipinski definition) is 1. The van der Waals surface area contributed by atoms with E-state index in [9.17, 15) is 0 Å². The molecule has 1 N–H and O–H groups in total. The van der Waals surface area contributed by atoms with Crippen LogP contribution >= 0.6 is 0 Å². The number of aryl methyl sites for hydroxylation is 2. The highest BCUT2D eigenvalue weighted by molar-refractivity contribution is 5.61. The monoisotopic (exact) mass is 256 g/mol. The van der Waals surface area contributed by atoms with Crippen molar-refractivity contribution in [1.29, 1.82) is 0 Å². The van der Waals surface area contributed by atoms with Gasteiger partial charge in [0.15, 0.2) is 5.82 Å². The van der Waals surface area contributed by atoms with Crippen molar-refractivity contribution in [2.24, 2.45) is 0 Å². The molecule has 4 nitrogen and oxygen atoms in total. The molecule has 0 radical (unpaired) electrons. The molecule has 0 saturated carbocycles. The number of hydrogen-bond acceptors (Lipinski definition) is 4. The van der Waals surface area contributed by atoms with E-state index >= 15 is 0 Å². The Labute approximate surface area is 114 Å². The minimum absolute atomic E-state index is 0.776. The van der Waals surface area contributed by atoms with Crippen molar-refractivity contribution in [2.75, 3.05) is 11.9 Å². The molecule has 0 saturated heterocycles. The van der Waals surface area contributed by atoms with E-state index in [0.29, 0.717) is 0 Å². The third-order valence-corrected chi connectivity index (χ3v) is 2.94. The summed E-state index contributed by atoms with van der Waals surface area (Å²) in [5.74, 6) is 1.67. The van der Waals surface area contributed by atoms with Crippen LogP contribution in [0.25, 0.3) is 11.4 Å². The fraction of sp³-hybridized carbons (Fsp3) is 0.400. The molecule has 0 spiro atoms. The van der Waals surface area contributed by atoms with Gasteiger partial charge in [-0.25, -0.2) is 9.97 Å². The van der Waals surface area contributed by atoms with E-state index < -0.39 is 0 Å². The van der Waals surface area contributed by atoms with E-state index in [1.165, 1.54) is 5.56 Å². The van der Waals surface area contributed by atoms with Gasteiger partial charge in [0, 0.05) is 36.3 Å². The third-order valence-electron chi connectivity index (χ3n) is 2.94. The van der Waals surface area contributed by atoms with Gasteiger partial charge in [-0.1, -0.05) is 13.8 Å². The molecule has 2 aromatic rings. The first-order chi connectivity index (χ1) is 9.24. The predicted molar refractivity (Wildman–Crippen MR) is 78.2 cm³/mol. The van der Waals surface area contributed by atoms with Gasteiger partial charge in [-0.3, -0.25) is 4.98 Å². The fourth-order valence-corrected chi connectivity index (χ4v) is 1.96. The SMILES string of the molecule is CCCNc1cc(C)nc(-c2ccncc2CC)n1. The molecule has 0 aliphatic carbocycles. The maximum atomic E-state index is 4.60. The van der Waals surface area contributed by atoms with E-state index in [0.717, 1.165) is 42.3 Å². The molecule has 0 unspecified atom stereocenters. The standard InChI is InChI=1S/C15H20N4/c1-4-7-17-14-9-11(3)18-15(19-14)13-6-8-16-10-12(13)5-2/h6,8-10H,4-5,7H2,1-3H3,(H,17,18,19). The van der Waals surface area contributed by atoms with E-state index in [1.807, 2.05) is 25.3 Å². The fourth-order valence-electron chi connectivity index (χ4n) is 1.96. The molecule has 0 aliphatic rings. The lowest BCUT2D eigenvalue weighted by atomic mass is 10.1. The Kier molecular flexibility index (Phi) is 4.44. The Hall–Kier alpha value is -1.97. The first kappa shape index (κ1) is 13.5. The summed E-state index contributed by atoms with van der Waals surface area (Å²) in [4.78, 5) is 13.3. The van der Waals surface area contributed by atoms with Gasteiger partial charge in [-0.05, 0) is 31.4 Å². The summed E-state index contributed by atoms with van der Waals surface area (Å²) in [6.45, 7) is 7.18. The van der Waals surface area contributed by atoms with Gasteiger partial charge >= 0.3 is 0 Å². The van der Waals surface area contributed by atoms with Crippen LogP contribution in [0.1, 0.15) is 31.5 Å². The highest BCUT2D eigenvalue weighted by Gasteiger charge is 2.08. The van der Waals surface area contributed by atoms with Crippen LogP contribution in [0.4, 0.5) is 5.82 Å². The maximum Gasteiger partial charge on any atom is 0.162 e. The van der Waals surface area contributed by atoms with E-state index in [4.69, 9.17) is 0 Å².